The topological polar surface area (TPSA) is 162 Å². The van der Waals surface area contributed by atoms with Crippen LogP contribution in [0.25, 0.3) is 0 Å². The molecular weight excluding hydrogens is 600 g/mol. The molecule has 0 aromatic carbocycles. The van der Waals surface area contributed by atoms with Gasteiger partial charge in [-0.2, -0.15) is 0 Å². The van der Waals surface area contributed by atoms with Crippen LogP contribution in [0.2, 0.25) is 0 Å². The zero-order valence-electron chi connectivity index (χ0n) is 29.4. The zero-order valence-corrected chi connectivity index (χ0v) is 29.4. The number of allylic oxidation sites excluding steroid dienone is 2. The maximum absolute atomic E-state index is 14.3. The van der Waals surface area contributed by atoms with Crippen LogP contribution in [0.5, 0.6) is 0 Å². The van der Waals surface area contributed by atoms with Crippen LogP contribution < -0.4 is 0 Å². The van der Waals surface area contributed by atoms with E-state index >= 15 is 0 Å². The number of aliphatic hydroxyl groups excluding tert-OH is 3. The van der Waals surface area contributed by atoms with Crippen molar-refractivity contribution in [2.24, 2.45) is 62.6 Å². The number of carbonyl (C=O) groups excluding carboxylic acids is 1. The first-order valence-corrected chi connectivity index (χ1v) is 18.1. The third kappa shape index (κ3) is 4.50. The number of aliphatic hydroxyl groups is 3. The largest absolute Gasteiger partial charge is 0.481 e. The van der Waals surface area contributed by atoms with Crippen LogP contribution >= 0.6 is 0 Å². The molecule has 5 fully saturated rings. The number of ether oxygens (including phenoxy) is 1. The summed E-state index contributed by atoms with van der Waals surface area (Å²) in [6, 6.07) is 0. The fourth-order valence-electron chi connectivity index (χ4n) is 13.1. The fraction of sp³-hybridized carbons (Fsp3) is 0.868. The molecule has 6 aliphatic rings. The second-order valence-corrected chi connectivity index (χ2v) is 18.2. The molecule has 0 aromatic heterocycles. The van der Waals surface area contributed by atoms with Crippen molar-refractivity contribution in [3.8, 4) is 0 Å². The molecule has 0 bridgehead atoms. The lowest BCUT2D eigenvalue weighted by atomic mass is 9.33. The summed E-state index contributed by atoms with van der Waals surface area (Å²) < 4.78 is 5.74. The molecule has 1 heterocycles. The Morgan fingerprint density at radius 3 is 2.17 bits per heavy atom. The molecule has 9 heteroatoms. The van der Waals surface area contributed by atoms with Crippen LogP contribution in [0.3, 0.4) is 0 Å². The van der Waals surface area contributed by atoms with Crippen molar-refractivity contribution in [1.82, 2.24) is 0 Å². The number of hydrogen-bond acceptors (Lipinski definition) is 7. The van der Waals surface area contributed by atoms with Gasteiger partial charge in [0.2, 0.25) is 0 Å². The minimum absolute atomic E-state index is 0.0324. The first kappa shape index (κ1) is 35.0. The van der Waals surface area contributed by atoms with Crippen LogP contribution in [0.1, 0.15) is 113 Å². The van der Waals surface area contributed by atoms with Gasteiger partial charge in [-0.3, -0.25) is 9.59 Å². The third-order valence-corrected chi connectivity index (χ3v) is 16.3. The van der Waals surface area contributed by atoms with Gasteiger partial charge in [-0.15, -0.1) is 0 Å². The van der Waals surface area contributed by atoms with Gasteiger partial charge in [0.25, 0.3) is 0 Å². The highest BCUT2D eigenvalue weighted by atomic mass is 16.6. The molecular formula is C38H58O9. The molecule has 6 rings (SSSR count). The molecule has 1 saturated heterocycles. The summed E-state index contributed by atoms with van der Waals surface area (Å²) >= 11 is 0. The molecule has 0 radical (unpaired) electrons. The van der Waals surface area contributed by atoms with E-state index in [-0.39, 0.29) is 28.1 Å². The number of rotatable bonds is 5. The van der Waals surface area contributed by atoms with Crippen LogP contribution in [0, 0.1) is 62.6 Å². The van der Waals surface area contributed by atoms with Gasteiger partial charge in [0.15, 0.2) is 11.4 Å². The molecule has 47 heavy (non-hydrogen) atoms. The van der Waals surface area contributed by atoms with E-state index in [1.54, 1.807) is 0 Å². The fourth-order valence-corrected chi connectivity index (χ4v) is 13.1. The molecule has 14 atom stereocenters. The van der Waals surface area contributed by atoms with Crippen molar-refractivity contribution in [3.05, 3.63) is 11.6 Å². The van der Waals surface area contributed by atoms with E-state index in [0.717, 1.165) is 44.9 Å². The quantitative estimate of drug-likeness (QED) is 0.249. The number of carbonyl (C=O) groups is 3. The molecule has 264 valence electrons. The van der Waals surface area contributed by atoms with E-state index in [0.29, 0.717) is 30.6 Å². The Balaban J connectivity index is 1.33. The Hall–Kier alpha value is -1.81. The standard InChI is InChI=1S/C38H58O9/c1-20-10-15-37(31(43)44)17-16-35(6)22(27(37)21(20)2)8-9-26-34(5)13-11-23(33(3,4)25(34)12-14-36(26,35)7)28(41)30-29(42)24(40)18-38(19-39,47-30)32(45)46/h8,20-21,23-27,29-30,39-40,42H,9-19H2,1-7H3,(H,43,44)(H,45,46)/t20-,21+,23-,24?,25?,26?,27?,29?,30+,34+,35-,36-,37+,38?/m1/s1. The van der Waals surface area contributed by atoms with Gasteiger partial charge >= 0.3 is 11.9 Å². The predicted octanol–water partition coefficient (Wildman–Crippen LogP) is 5.24. The molecule has 1 aliphatic heterocycles. The Morgan fingerprint density at radius 1 is 0.872 bits per heavy atom. The van der Waals surface area contributed by atoms with Gasteiger partial charge in [-0.05, 0) is 109 Å². The van der Waals surface area contributed by atoms with Crippen molar-refractivity contribution < 1.29 is 44.7 Å². The SMILES string of the molecule is C[C@@H]1CC[C@]2(C(=O)O)CC[C@]3(C)C(=CCC4[C@@]5(C)CC[C@H](C(=O)[C@@H]6OC(CO)(C(=O)O)CC(O)C6O)C(C)(C)C5CC[C@]43C)C2[C@H]1C. The Kier molecular flexibility index (Phi) is 8.27. The molecule has 4 saturated carbocycles. The van der Waals surface area contributed by atoms with E-state index < -0.39 is 71.4 Å². The molecule has 0 spiro atoms. The number of hydrogen-bond donors (Lipinski definition) is 5. The number of ketones is 1. The van der Waals surface area contributed by atoms with Gasteiger partial charge < -0.3 is 30.3 Å². The highest BCUT2D eigenvalue weighted by Crippen LogP contribution is 2.76. The lowest BCUT2D eigenvalue weighted by molar-refractivity contribution is -0.236. The number of carboxylic acids is 2. The highest BCUT2D eigenvalue weighted by molar-refractivity contribution is 5.88. The van der Waals surface area contributed by atoms with Gasteiger partial charge in [-0.25, -0.2) is 4.79 Å². The minimum atomic E-state index is -2.15. The Bertz CT molecular complexity index is 1360. The van der Waals surface area contributed by atoms with Crippen molar-refractivity contribution in [1.29, 1.82) is 0 Å². The van der Waals surface area contributed by atoms with Crippen molar-refractivity contribution >= 4 is 17.7 Å². The van der Waals surface area contributed by atoms with Crippen LogP contribution in [0.4, 0.5) is 0 Å². The first-order chi connectivity index (χ1) is 21.8. The number of fused-ring (bicyclic) bond motifs is 7. The molecule has 5 aliphatic carbocycles. The van der Waals surface area contributed by atoms with E-state index in [1.807, 2.05) is 0 Å². The monoisotopic (exact) mass is 658 g/mol. The second-order valence-electron chi connectivity index (χ2n) is 18.2. The summed E-state index contributed by atoms with van der Waals surface area (Å²) in [4.78, 5) is 39.4. The molecule has 0 aromatic rings. The van der Waals surface area contributed by atoms with E-state index in [4.69, 9.17) is 4.74 Å². The number of aliphatic carboxylic acids is 2. The maximum Gasteiger partial charge on any atom is 0.338 e. The van der Waals surface area contributed by atoms with Crippen LogP contribution in [-0.4, -0.2) is 73.8 Å². The van der Waals surface area contributed by atoms with Crippen molar-refractivity contribution in [2.45, 2.75) is 137 Å². The maximum atomic E-state index is 14.3. The highest BCUT2D eigenvalue weighted by Gasteiger charge is 2.70. The predicted molar refractivity (Wildman–Crippen MR) is 174 cm³/mol. The van der Waals surface area contributed by atoms with E-state index in [1.165, 1.54) is 5.57 Å². The van der Waals surface area contributed by atoms with Crippen molar-refractivity contribution in [3.63, 3.8) is 0 Å². The summed E-state index contributed by atoms with van der Waals surface area (Å²) in [6.45, 7) is 15.2. The van der Waals surface area contributed by atoms with Gasteiger partial charge in [-0.1, -0.05) is 60.1 Å². The number of carboxylic acid groups (broad SMARTS) is 2. The summed E-state index contributed by atoms with van der Waals surface area (Å²) in [6.07, 6.45) is 4.75. The van der Waals surface area contributed by atoms with Crippen LogP contribution in [0.15, 0.2) is 11.6 Å². The van der Waals surface area contributed by atoms with Gasteiger partial charge in [0.05, 0.1) is 18.1 Å². The molecule has 0 amide bonds. The minimum Gasteiger partial charge on any atom is -0.481 e. The first-order valence-electron chi connectivity index (χ1n) is 18.1. The van der Waals surface area contributed by atoms with Gasteiger partial charge in [0.1, 0.15) is 12.2 Å². The Labute approximate surface area is 279 Å². The van der Waals surface area contributed by atoms with E-state index in [9.17, 15) is 39.9 Å². The summed E-state index contributed by atoms with van der Waals surface area (Å²) in [5.41, 5.74) is -2.17. The van der Waals surface area contributed by atoms with E-state index in [2.05, 4.69) is 54.5 Å². The average Bonchev–Trinajstić information content (AvgIpc) is 2.99. The normalized spacial score (nSPS) is 52.1. The smallest absolute Gasteiger partial charge is 0.338 e. The second kappa shape index (κ2) is 11.1. The summed E-state index contributed by atoms with van der Waals surface area (Å²) in [5, 5.41) is 52.0. The molecule has 6 unspecified atom stereocenters. The molecule has 5 N–H and O–H groups in total. The van der Waals surface area contributed by atoms with Crippen molar-refractivity contribution in [2.75, 3.05) is 6.61 Å². The molecule has 9 nitrogen and oxygen atoms in total. The lowest BCUT2D eigenvalue weighted by Crippen LogP contribution is -2.66. The Morgan fingerprint density at radius 2 is 1.55 bits per heavy atom. The third-order valence-electron chi connectivity index (χ3n) is 16.3. The summed E-state index contributed by atoms with van der Waals surface area (Å²) in [7, 11) is 0. The zero-order chi connectivity index (χ0) is 34.7. The van der Waals surface area contributed by atoms with Crippen LogP contribution in [-0.2, 0) is 19.1 Å². The van der Waals surface area contributed by atoms with Gasteiger partial charge in [0, 0.05) is 12.3 Å². The number of Topliss-reactive ketones (excluding diaryl/α,β-unsaturated/α-hetero) is 1. The summed E-state index contributed by atoms with van der Waals surface area (Å²) in [5.74, 6) is -1.65. The average molecular weight is 659 g/mol. The lowest BCUT2D eigenvalue weighted by Gasteiger charge is -2.71.